The second-order valence-corrected chi connectivity index (χ2v) is 2.79. The summed E-state index contributed by atoms with van der Waals surface area (Å²) in [7, 11) is 0. The Labute approximate surface area is 80.4 Å². The van der Waals surface area contributed by atoms with Gasteiger partial charge in [0.25, 0.3) is 5.69 Å². The van der Waals surface area contributed by atoms with Crippen molar-refractivity contribution < 1.29 is 10.0 Å². The highest BCUT2D eigenvalue weighted by Crippen LogP contribution is 2.25. The predicted molar refractivity (Wildman–Crippen MR) is 48.5 cm³/mol. The van der Waals surface area contributed by atoms with E-state index in [2.05, 4.69) is 0 Å². The van der Waals surface area contributed by atoms with Crippen LogP contribution in [-0.2, 0) is 6.61 Å². The van der Waals surface area contributed by atoms with Crippen molar-refractivity contribution in [1.29, 1.82) is 5.26 Å². The van der Waals surface area contributed by atoms with Gasteiger partial charge in [-0.25, -0.2) is 0 Å². The van der Waals surface area contributed by atoms with Crippen molar-refractivity contribution in [3.05, 3.63) is 38.9 Å². The zero-order chi connectivity index (χ0) is 10.7. The van der Waals surface area contributed by atoms with Crippen LogP contribution in [0.15, 0.2) is 12.1 Å². The first kappa shape index (κ1) is 10.2. The highest BCUT2D eigenvalue weighted by Gasteiger charge is 2.20. The molecule has 0 unspecified atom stereocenters. The van der Waals surface area contributed by atoms with Crippen molar-refractivity contribution >= 4 is 5.69 Å². The summed E-state index contributed by atoms with van der Waals surface area (Å²) in [6.07, 6.45) is 0. The van der Waals surface area contributed by atoms with Gasteiger partial charge in [-0.2, -0.15) is 5.26 Å². The third-order valence-corrected chi connectivity index (χ3v) is 1.93. The van der Waals surface area contributed by atoms with E-state index in [4.69, 9.17) is 10.4 Å². The van der Waals surface area contributed by atoms with Crippen LogP contribution in [0.25, 0.3) is 0 Å². The van der Waals surface area contributed by atoms with E-state index in [0.717, 1.165) is 0 Å². The van der Waals surface area contributed by atoms with Gasteiger partial charge in [0.1, 0.15) is 11.6 Å². The van der Waals surface area contributed by atoms with E-state index in [-0.39, 0.29) is 23.4 Å². The van der Waals surface area contributed by atoms with E-state index >= 15 is 0 Å². The molecule has 0 fully saturated rings. The Morgan fingerprint density at radius 3 is 2.71 bits per heavy atom. The van der Waals surface area contributed by atoms with Crippen molar-refractivity contribution in [2.75, 3.05) is 0 Å². The summed E-state index contributed by atoms with van der Waals surface area (Å²) in [5.74, 6) is 0. The Hall–Kier alpha value is -1.93. The lowest BCUT2D eigenvalue weighted by Crippen LogP contribution is -1.99. The second kappa shape index (κ2) is 3.85. The Bertz CT molecular complexity index is 421. The third-order valence-electron chi connectivity index (χ3n) is 1.93. The molecule has 1 aromatic rings. The standard InChI is InChI=1S/C9H8N2O3/c1-6-2-3-7(5-12)8(4-10)9(6)11(13)14/h2-3,12H,5H2,1H3. The fourth-order valence-corrected chi connectivity index (χ4v) is 1.23. The van der Waals surface area contributed by atoms with Gasteiger partial charge in [-0.05, 0) is 6.92 Å². The molecule has 0 aliphatic carbocycles. The number of aryl methyl sites for hydroxylation is 1. The number of benzene rings is 1. The molecular formula is C9H8N2O3. The molecule has 0 aliphatic heterocycles. The van der Waals surface area contributed by atoms with E-state index in [0.29, 0.717) is 5.56 Å². The summed E-state index contributed by atoms with van der Waals surface area (Å²) < 4.78 is 0. The summed E-state index contributed by atoms with van der Waals surface area (Å²) >= 11 is 0. The van der Waals surface area contributed by atoms with Crippen LogP contribution in [0, 0.1) is 28.4 Å². The normalized spacial score (nSPS) is 9.50. The molecule has 0 aromatic heterocycles. The minimum atomic E-state index is -0.604. The largest absolute Gasteiger partial charge is 0.392 e. The molecule has 0 radical (unpaired) electrons. The fraction of sp³-hybridized carbons (Fsp3) is 0.222. The van der Waals surface area contributed by atoms with Gasteiger partial charge in [0.05, 0.1) is 11.5 Å². The number of hydrogen-bond donors (Lipinski definition) is 1. The van der Waals surface area contributed by atoms with Crippen LogP contribution in [0.3, 0.4) is 0 Å². The predicted octanol–water partition coefficient (Wildman–Crippen LogP) is 1.27. The van der Waals surface area contributed by atoms with Gasteiger partial charge in [-0.3, -0.25) is 10.1 Å². The van der Waals surface area contributed by atoms with Gasteiger partial charge >= 0.3 is 0 Å². The van der Waals surface area contributed by atoms with Crippen molar-refractivity contribution in [2.45, 2.75) is 13.5 Å². The first-order valence-electron chi connectivity index (χ1n) is 3.89. The maximum absolute atomic E-state index is 10.6. The van der Waals surface area contributed by atoms with E-state index in [9.17, 15) is 10.1 Å². The second-order valence-electron chi connectivity index (χ2n) is 2.79. The van der Waals surface area contributed by atoms with E-state index in [1.807, 2.05) is 0 Å². The zero-order valence-corrected chi connectivity index (χ0v) is 7.52. The molecule has 5 nitrogen and oxygen atoms in total. The highest BCUT2D eigenvalue weighted by molar-refractivity contribution is 5.57. The molecule has 0 atom stereocenters. The van der Waals surface area contributed by atoms with E-state index in [1.54, 1.807) is 13.0 Å². The van der Waals surface area contributed by atoms with Crippen molar-refractivity contribution in [2.24, 2.45) is 0 Å². The Balaban J connectivity index is 3.53. The van der Waals surface area contributed by atoms with Gasteiger partial charge in [-0.15, -0.1) is 0 Å². The number of nitrogens with zero attached hydrogens (tertiary/aromatic N) is 2. The van der Waals surface area contributed by atoms with Gasteiger partial charge in [0.15, 0.2) is 0 Å². The minimum absolute atomic E-state index is 0.0579. The lowest BCUT2D eigenvalue weighted by atomic mass is 10.0. The average molecular weight is 192 g/mol. The molecule has 14 heavy (non-hydrogen) atoms. The number of aliphatic hydroxyl groups is 1. The number of hydrogen-bond acceptors (Lipinski definition) is 4. The maximum atomic E-state index is 10.6. The zero-order valence-electron chi connectivity index (χ0n) is 7.52. The molecular weight excluding hydrogens is 184 g/mol. The van der Waals surface area contributed by atoms with Gasteiger partial charge in [-0.1, -0.05) is 12.1 Å². The van der Waals surface area contributed by atoms with E-state index in [1.165, 1.54) is 12.1 Å². The summed E-state index contributed by atoms with van der Waals surface area (Å²) in [4.78, 5) is 10.0. The van der Waals surface area contributed by atoms with Crippen molar-refractivity contribution in [3.8, 4) is 6.07 Å². The van der Waals surface area contributed by atoms with Crippen LogP contribution in [0.1, 0.15) is 16.7 Å². The van der Waals surface area contributed by atoms with Crippen LogP contribution in [0.5, 0.6) is 0 Å². The van der Waals surface area contributed by atoms with Crippen LogP contribution in [0.2, 0.25) is 0 Å². The first-order chi connectivity index (χ1) is 6.61. The molecule has 0 bridgehead atoms. The molecule has 0 saturated carbocycles. The molecule has 5 heteroatoms. The summed E-state index contributed by atoms with van der Waals surface area (Å²) in [6, 6.07) is 4.77. The molecule has 0 heterocycles. The molecule has 0 saturated heterocycles. The quantitative estimate of drug-likeness (QED) is 0.564. The number of nitro groups is 1. The molecule has 0 spiro atoms. The molecule has 1 N–H and O–H groups in total. The lowest BCUT2D eigenvalue weighted by molar-refractivity contribution is -0.385. The van der Waals surface area contributed by atoms with Crippen molar-refractivity contribution in [3.63, 3.8) is 0 Å². The first-order valence-corrected chi connectivity index (χ1v) is 3.89. The minimum Gasteiger partial charge on any atom is -0.392 e. The smallest absolute Gasteiger partial charge is 0.290 e. The fourth-order valence-electron chi connectivity index (χ4n) is 1.23. The molecule has 1 rings (SSSR count). The van der Waals surface area contributed by atoms with Gasteiger partial charge < -0.3 is 5.11 Å². The van der Waals surface area contributed by atoms with Crippen LogP contribution in [-0.4, -0.2) is 10.0 Å². The van der Waals surface area contributed by atoms with Crippen molar-refractivity contribution in [1.82, 2.24) is 0 Å². The Morgan fingerprint density at radius 2 is 2.29 bits per heavy atom. The molecule has 1 aromatic carbocycles. The molecule has 0 amide bonds. The summed E-state index contributed by atoms with van der Waals surface area (Å²) in [5.41, 5.74) is 0.421. The molecule has 72 valence electrons. The number of rotatable bonds is 2. The third kappa shape index (κ3) is 1.56. The van der Waals surface area contributed by atoms with Crippen LogP contribution in [0.4, 0.5) is 5.69 Å². The summed E-state index contributed by atoms with van der Waals surface area (Å²) in [5, 5.41) is 28.3. The Morgan fingerprint density at radius 1 is 1.64 bits per heavy atom. The maximum Gasteiger partial charge on any atom is 0.290 e. The number of aliphatic hydroxyl groups excluding tert-OH is 1. The lowest BCUT2D eigenvalue weighted by Gasteiger charge is -2.03. The average Bonchev–Trinajstić information content (AvgIpc) is 2.16. The summed E-state index contributed by atoms with van der Waals surface area (Å²) in [6.45, 7) is 1.18. The topological polar surface area (TPSA) is 87.2 Å². The van der Waals surface area contributed by atoms with E-state index < -0.39 is 4.92 Å². The van der Waals surface area contributed by atoms with Gasteiger partial charge in [0.2, 0.25) is 0 Å². The van der Waals surface area contributed by atoms with Gasteiger partial charge in [0, 0.05) is 11.1 Å². The van der Waals surface area contributed by atoms with Crippen LogP contribution < -0.4 is 0 Å². The SMILES string of the molecule is Cc1ccc(CO)c(C#N)c1[N+](=O)[O-]. The monoisotopic (exact) mass is 192 g/mol. The molecule has 0 aliphatic rings. The number of nitro benzene ring substituents is 1. The van der Waals surface area contributed by atoms with Crippen LogP contribution >= 0.6 is 0 Å². The number of nitriles is 1. The highest BCUT2D eigenvalue weighted by atomic mass is 16.6. The Kier molecular flexibility index (Phi) is 2.79.